The van der Waals surface area contributed by atoms with Gasteiger partial charge in [0.2, 0.25) is 10.0 Å². The molecule has 1 aliphatic rings. The number of halogens is 2. The fourth-order valence-corrected chi connectivity index (χ4v) is 4.20. The van der Waals surface area contributed by atoms with E-state index in [-0.39, 0.29) is 10.7 Å². The van der Waals surface area contributed by atoms with Crippen LogP contribution >= 0.6 is 11.6 Å². The molecule has 0 bridgehead atoms. The Morgan fingerprint density at radius 1 is 1.24 bits per heavy atom. The smallest absolute Gasteiger partial charge is 0.246 e. The molecule has 2 rings (SSSR count). The summed E-state index contributed by atoms with van der Waals surface area (Å²) in [7, 11) is -3.92. The maximum atomic E-state index is 14.0. The van der Waals surface area contributed by atoms with Crippen LogP contribution in [0.25, 0.3) is 0 Å². The number of hydrogen-bond donors (Lipinski definition) is 1. The second kappa shape index (κ2) is 6.08. The standard InChI is InChI=1S/C13H19ClFN3O2S/c1-9(2)17-3-5-18(6-4-17)21(19,20)12-8-10(16)7-11(14)13(12)15/h7-9H,3-6,16H2,1-2H3. The molecule has 1 saturated heterocycles. The molecule has 0 saturated carbocycles. The van der Waals surface area contributed by atoms with Crippen LogP contribution in [0.1, 0.15) is 13.8 Å². The summed E-state index contributed by atoms with van der Waals surface area (Å²) in [5, 5.41) is -0.283. The molecule has 0 amide bonds. The Morgan fingerprint density at radius 3 is 2.33 bits per heavy atom. The monoisotopic (exact) mass is 335 g/mol. The highest BCUT2D eigenvalue weighted by Gasteiger charge is 2.32. The van der Waals surface area contributed by atoms with Crippen molar-refractivity contribution in [2.75, 3.05) is 31.9 Å². The first-order chi connectivity index (χ1) is 9.73. The summed E-state index contributed by atoms with van der Waals surface area (Å²) >= 11 is 5.68. The van der Waals surface area contributed by atoms with E-state index in [4.69, 9.17) is 17.3 Å². The molecule has 1 aliphatic heterocycles. The lowest BCUT2D eigenvalue weighted by Gasteiger charge is -2.36. The van der Waals surface area contributed by atoms with Gasteiger partial charge in [0.15, 0.2) is 5.82 Å². The summed E-state index contributed by atoms with van der Waals surface area (Å²) in [5.41, 5.74) is 5.70. The minimum absolute atomic E-state index is 0.126. The van der Waals surface area contributed by atoms with Crippen LogP contribution in [-0.4, -0.2) is 49.8 Å². The number of anilines is 1. The first kappa shape index (κ1) is 16.5. The Kier molecular flexibility index (Phi) is 4.77. The third-order valence-corrected chi connectivity index (χ3v) is 5.81. The minimum atomic E-state index is -3.92. The Balaban J connectivity index is 2.28. The van der Waals surface area contributed by atoms with E-state index in [1.165, 1.54) is 10.4 Å². The van der Waals surface area contributed by atoms with Crippen LogP contribution in [0, 0.1) is 5.82 Å². The van der Waals surface area contributed by atoms with Crippen molar-refractivity contribution >= 4 is 27.3 Å². The van der Waals surface area contributed by atoms with Crippen molar-refractivity contribution in [3.63, 3.8) is 0 Å². The molecule has 0 unspecified atom stereocenters. The number of nitrogens with two attached hydrogens (primary N) is 1. The van der Waals surface area contributed by atoms with Crippen LogP contribution in [-0.2, 0) is 10.0 Å². The Labute approximate surface area is 129 Å². The zero-order valence-electron chi connectivity index (χ0n) is 12.0. The fraction of sp³-hybridized carbons (Fsp3) is 0.538. The van der Waals surface area contributed by atoms with E-state index in [1.54, 1.807) is 0 Å². The Hall–Kier alpha value is -0.890. The van der Waals surface area contributed by atoms with Crippen molar-refractivity contribution in [2.24, 2.45) is 0 Å². The number of hydrogen-bond acceptors (Lipinski definition) is 4. The molecule has 5 nitrogen and oxygen atoms in total. The van der Waals surface area contributed by atoms with Gasteiger partial charge in [0.1, 0.15) is 4.90 Å². The summed E-state index contributed by atoms with van der Waals surface area (Å²) in [6.07, 6.45) is 0. The lowest BCUT2D eigenvalue weighted by atomic mass is 10.3. The molecule has 1 aromatic carbocycles. The number of rotatable bonds is 3. The largest absolute Gasteiger partial charge is 0.399 e. The normalized spacial score (nSPS) is 18.3. The van der Waals surface area contributed by atoms with Gasteiger partial charge >= 0.3 is 0 Å². The molecule has 1 aromatic rings. The number of benzene rings is 1. The molecule has 0 aromatic heterocycles. The Morgan fingerprint density at radius 2 is 1.81 bits per heavy atom. The molecule has 21 heavy (non-hydrogen) atoms. The van der Waals surface area contributed by atoms with Gasteiger partial charge in [-0.25, -0.2) is 12.8 Å². The van der Waals surface area contributed by atoms with Crippen LogP contribution in [0.5, 0.6) is 0 Å². The van der Waals surface area contributed by atoms with E-state index in [9.17, 15) is 12.8 Å². The van der Waals surface area contributed by atoms with E-state index in [2.05, 4.69) is 18.7 Å². The van der Waals surface area contributed by atoms with Crippen molar-refractivity contribution in [2.45, 2.75) is 24.8 Å². The molecule has 118 valence electrons. The van der Waals surface area contributed by atoms with Gasteiger partial charge < -0.3 is 5.73 Å². The maximum absolute atomic E-state index is 14.0. The SMILES string of the molecule is CC(C)N1CCN(S(=O)(=O)c2cc(N)cc(Cl)c2F)CC1. The highest BCUT2D eigenvalue weighted by atomic mass is 35.5. The third kappa shape index (κ3) is 3.31. The molecule has 0 aliphatic carbocycles. The minimum Gasteiger partial charge on any atom is -0.399 e. The van der Waals surface area contributed by atoms with E-state index < -0.39 is 20.7 Å². The highest BCUT2D eigenvalue weighted by molar-refractivity contribution is 7.89. The molecule has 0 radical (unpaired) electrons. The van der Waals surface area contributed by atoms with Gasteiger partial charge in [-0.3, -0.25) is 4.90 Å². The number of piperazine rings is 1. The summed E-state index contributed by atoms with van der Waals surface area (Å²) in [6.45, 7) is 6.00. The van der Waals surface area contributed by atoms with Gasteiger partial charge in [-0.1, -0.05) is 11.6 Å². The predicted octanol–water partition coefficient (Wildman–Crippen LogP) is 1.78. The fourth-order valence-electron chi connectivity index (χ4n) is 2.37. The molecule has 8 heteroatoms. The predicted molar refractivity (Wildman–Crippen MR) is 81.3 cm³/mol. The van der Waals surface area contributed by atoms with Gasteiger partial charge in [0.25, 0.3) is 0 Å². The first-order valence-electron chi connectivity index (χ1n) is 6.72. The van der Waals surface area contributed by atoms with Crippen LogP contribution < -0.4 is 5.73 Å². The van der Waals surface area contributed by atoms with Crippen molar-refractivity contribution in [3.8, 4) is 0 Å². The van der Waals surface area contributed by atoms with Crippen molar-refractivity contribution in [1.82, 2.24) is 9.21 Å². The third-order valence-electron chi connectivity index (χ3n) is 3.64. The van der Waals surface area contributed by atoms with Crippen molar-refractivity contribution in [1.29, 1.82) is 0 Å². The zero-order chi connectivity index (χ0) is 15.8. The lowest BCUT2D eigenvalue weighted by Crippen LogP contribution is -2.50. The second-order valence-corrected chi connectivity index (χ2v) is 7.66. The quantitative estimate of drug-likeness (QED) is 0.855. The average Bonchev–Trinajstić information content (AvgIpc) is 2.42. The van der Waals surface area contributed by atoms with E-state index >= 15 is 0 Å². The topological polar surface area (TPSA) is 66.6 Å². The summed E-state index contributed by atoms with van der Waals surface area (Å²) in [5.74, 6) is -0.947. The molecular formula is C13H19ClFN3O2S. The summed E-state index contributed by atoms with van der Waals surface area (Å²) in [4.78, 5) is 1.72. The first-order valence-corrected chi connectivity index (χ1v) is 8.54. The molecule has 1 heterocycles. The summed E-state index contributed by atoms with van der Waals surface area (Å²) in [6, 6.07) is 2.67. The maximum Gasteiger partial charge on any atom is 0.246 e. The van der Waals surface area contributed by atoms with Gasteiger partial charge in [0, 0.05) is 37.9 Å². The van der Waals surface area contributed by atoms with Crippen LogP contribution in [0.2, 0.25) is 5.02 Å². The molecular weight excluding hydrogens is 317 g/mol. The molecule has 0 spiro atoms. The van der Waals surface area contributed by atoms with Gasteiger partial charge in [0.05, 0.1) is 5.02 Å². The van der Waals surface area contributed by atoms with Crippen molar-refractivity contribution < 1.29 is 12.8 Å². The summed E-state index contributed by atoms with van der Waals surface area (Å²) < 4.78 is 40.4. The van der Waals surface area contributed by atoms with E-state index in [1.807, 2.05) is 0 Å². The molecule has 0 atom stereocenters. The average molecular weight is 336 g/mol. The van der Waals surface area contributed by atoms with Gasteiger partial charge in [-0.05, 0) is 26.0 Å². The van der Waals surface area contributed by atoms with Crippen LogP contribution in [0.15, 0.2) is 17.0 Å². The Bertz CT molecular complexity index is 629. The lowest BCUT2D eigenvalue weighted by molar-refractivity contribution is 0.154. The van der Waals surface area contributed by atoms with Crippen LogP contribution in [0.4, 0.5) is 10.1 Å². The highest BCUT2D eigenvalue weighted by Crippen LogP contribution is 2.28. The molecule has 2 N–H and O–H groups in total. The zero-order valence-corrected chi connectivity index (χ0v) is 13.6. The van der Waals surface area contributed by atoms with Gasteiger partial charge in [-0.2, -0.15) is 4.31 Å². The second-order valence-electron chi connectivity index (χ2n) is 5.35. The van der Waals surface area contributed by atoms with E-state index in [0.29, 0.717) is 32.2 Å². The molecule has 1 fully saturated rings. The van der Waals surface area contributed by atoms with Crippen LogP contribution in [0.3, 0.4) is 0 Å². The number of sulfonamides is 1. The van der Waals surface area contributed by atoms with E-state index in [0.717, 1.165) is 6.07 Å². The number of nitrogens with zero attached hydrogens (tertiary/aromatic N) is 2. The van der Waals surface area contributed by atoms with Gasteiger partial charge in [-0.15, -0.1) is 0 Å². The number of nitrogen functional groups attached to an aromatic ring is 1. The van der Waals surface area contributed by atoms with Crippen molar-refractivity contribution in [3.05, 3.63) is 23.0 Å².